The summed E-state index contributed by atoms with van der Waals surface area (Å²) in [6.07, 6.45) is 3.49. The third kappa shape index (κ3) is 3.99. The Bertz CT molecular complexity index is 593. The van der Waals surface area contributed by atoms with Crippen LogP contribution in [0, 0.1) is 6.92 Å². The highest BCUT2D eigenvalue weighted by atomic mass is 32.2. The first kappa shape index (κ1) is 16.2. The largest absolute Gasteiger partial charge is 0.332 e. The molecule has 0 unspecified atom stereocenters. The number of urea groups is 1. The fraction of sp³-hybridized carbons (Fsp3) is 0.529. The Kier molecular flexibility index (Phi) is 5.10. The summed E-state index contributed by atoms with van der Waals surface area (Å²) in [6.45, 7) is 1.99. The van der Waals surface area contributed by atoms with Gasteiger partial charge in [-0.15, -0.1) is 0 Å². The zero-order chi connectivity index (χ0) is 16.2. The van der Waals surface area contributed by atoms with Gasteiger partial charge in [-0.1, -0.05) is 24.6 Å². The predicted octanol–water partition coefficient (Wildman–Crippen LogP) is 2.66. The Labute approximate surface area is 141 Å². The van der Waals surface area contributed by atoms with E-state index in [1.165, 1.54) is 0 Å². The van der Waals surface area contributed by atoms with Crippen molar-refractivity contribution in [1.29, 1.82) is 0 Å². The topological polar surface area (TPSA) is 70.2 Å². The van der Waals surface area contributed by atoms with Crippen LogP contribution in [0.15, 0.2) is 24.3 Å². The average Bonchev–Trinajstić information content (AvgIpc) is 3.06. The maximum atomic E-state index is 12.0. The summed E-state index contributed by atoms with van der Waals surface area (Å²) in [7, 11) is 0. The number of carbonyl (C=O) groups is 2. The van der Waals surface area contributed by atoms with Crippen molar-refractivity contribution < 1.29 is 9.59 Å². The van der Waals surface area contributed by atoms with Crippen LogP contribution in [0.5, 0.6) is 0 Å². The SMILES string of the molecule is Cc1ccccc1NC(=O)CCCC[C@@H]1SC[C@H]2NC(=O)N[C@H]12. The lowest BCUT2D eigenvalue weighted by Gasteiger charge is -2.16. The van der Waals surface area contributed by atoms with E-state index in [-0.39, 0.29) is 24.0 Å². The molecule has 23 heavy (non-hydrogen) atoms. The number of para-hydroxylation sites is 1. The standard InChI is InChI=1S/C17H23N3O2S/c1-11-6-2-3-7-12(11)18-15(21)9-5-4-8-14-16-13(10-23-14)19-17(22)20-16/h2-3,6-7,13-14,16H,4-5,8-10H2,1H3,(H,18,21)(H2,19,20,22)/t13-,14+,16+/m1/s1. The Morgan fingerprint density at radius 1 is 1.30 bits per heavy atom. The molecule has 5 nitrogen and oxygen atoms in total. The van der Waals surface area contributed by atoms with E-state index in [9.17, 15) is 9.59 Å². The zero-order valence-electron chi connectivity index (χ0n) is 13.3. The van der Waals surface area contributed by atoms with Crippen LogP contribution in [0.3, 0.4) is 0 Å². The number of amides is 3. The first-order chi connectivity index (χ1) is 11.1. The van der Waals surface area contributed by atoms with E-state index >= 15 is 0 Å². The maximum absolute atomic E-state index is 12.0. The molecule has 1 aromatic carbocycles. The van der Waals surface area contributed by atoms with Gasteiger partial charge >= 0.3 is 6.03 Å². The zero-order valence-corrected chi connectivity index (χ0v) is 14.1. The summed E-state index contributed by atoms with van der Waals surface area (Å²) in [4.78, 5) is 23.3. The van der Waals surface area contributed by atoms with E-state index in [1.54, 1.807) is 0 Å². The van der Waals surface area contributed by atoms with Crippen molar-refractivity contribution in [2.24, 2.45) is 0 Å². The highest BCUT2D eigenvalue weighted by molar-refractivity contribution is 8.00. The molecule has 6 heteroatoms. The molecule has 0 aliphatic carbocycles. The summed E-state index contributed by atoms with van der Waals surface area (Å²) in [5.74, 6) is 1.06. The number of nitrogens with one attached hydrogen (secondary N) is 3. The molecule has 2 heterocycles. The van der Waals surface area contributed by atoms with E-state index in [0.717, 1.165) is 36.3 Å². The number of hydrogen-bond donors (Lipinski definition) is 3. The Morgan fingerprint density at radius 2 is 2.13 bits per heavy atom. The van der Waals surface area contributed by atoms with E-state index in [4.69, 9.17) is 0 Å². The Hall–Kier alpha value is -1.69. The van der Waals surface area contributed by atoms with Crippen molar-refractivity contribution in [3.05, 3.63) is 29.8 Å². The van der Waals surface area contributed by atoms with Gasteiger partial charge in [0.1, 0.15) is 0 Å². The molecule has 0 aromatic heterocycles. The molecule has 1 aromatic rings. The minimum atomic E-state index is -0.0390. The molecule has 0 spiro atoms. The third-order valence-corrected chi connectivity index (χ3v) is 6.01. The molecule has 0 saturated carbocycles. The van der Waals surface area contributed by atoms with Crippen LogP contribution in [0.2, 0.25) is 0 Å². The van der Waals surface area contributed by atoms with Gasteiger partial charge in [-0.05, 0) is 31.4 Å². The second kappa shape index (κ2) is 7.25. The lowest BCUT2D eigenvalue weighted by Crippen LogP contribution is -2.36. The average molecular weight is 333 g/mol. The number of rotatable bonds is 6. The van der Waals surface area contributed by atoms with Gasteiger partial charge in [-0.3, -0.25) is 4.79 Å². The summed E-state index contributed by atoms with van der Waals surface area (Å²) >= 11 is 1.92. The highest BCUT2D eigenvalue weighted by Gasteiger charge is 2.42. The molecule has 3 rings (SSSR count). The predicted molar refractivity (Wildman–Crippen MR) is 93.8 cm³/mol. The van der Waals surface area contributed by atoms with Crippen LogP contribution in [0.4, 0.5) is 10.5 Å². The van der Waals surface area contributed by atoms with Crippen LogP contribution in [0.25, 0.3) is 0 Å². The number of carbonyl (C=O) groups excluding carboxylic acids is 2. The third-order valence-electron chi connectivity index (χ3n) is 4.50. The second-order valence-corrected chi connectivity index (χ2v) is 7.50. The number of hydrogen-bond acceptors (Lipinski definition) is 3. The first-order valence-electron chi connectivity index (χ1n) is 8.17. The number of benzene rings is 1. The van der Waals surface area contributed by atoms with Gasteiger partial charge in [0.05, 0.1) is 12.1 Å². The van der Waals surface area contributed by atoms with Gasteiger partial charge in [-0.2, -0.15) is 11.8 Å². The monoisotopic (exact) mass is 333 g/mol. The smallest absolute Gasteiger partial charge is 0.315 e. The number of unbranched alkanes of at least 4 members (excludes halogenated alkanes) is 1. The van der Waals surface area contributed by atoms with Crippen LogP contribution in [-0.4, -0.2) is 35.0 Å². The normalized spacial score (nSPS) is 25.6. The van der Waals surface area contributed by atoms with E-state index in [0.29, 0.717) is 11.7 Å². The van der Waals surface area contributed by atoms with Crippen LogP contribution in [0.1, 0.15) is 31.2 Å². The van der Waals surface area contributed by atoms with Crippen molar-refractivity contribution in [1.82, 2.24) is 10.6 Å². The van der Waals surface area contributed by atoms with E-state index in [1.807, 2.05) is 43.0 Å². The van der Waals surface area contributed by atoms with Gasteiger partial charge in [0, 0.05) is 23.1 Å². The maximum Gasteiger partial charge on any atom is 0.315 e. The van der Waals surface area contributed by atoms with Gasteiger partial charge in [0.25, 0.3) is 0 Å². The van der Waals surface area contributed by atoms with E-state index < -0.39 is 0 Å². The van der Waals surface area contributed by atoms with Crippen molar-refractivity contribution in [3.63, 3.8) is 0 Å². The quantitative estimate of drug-likeness (QED) is 0.554. The van der Waals surface area contributed by atoms with Crippen LogP contribution >= 0.6 is 11.8 Å². The van der Waals surface area contributed by atoms with Gasteiger partial charge in [0.15, 0.2) is 0 Å². The van der Waals surface area contributed by atoms with Crippen LogP contribution in [-0.2, 0) is 4.79 Å². The summed E-state index contributed by atoms with van der Waals surface area (Å²) in [5.41, 5.74) is 1.98. The molecular weight excluding hydrogens is 310 g/mol. The van der Waals surface area contributed by atoms with Crippen molar-refractivity contribution in [2.75, 3.05) is 11.1 Å². The van der Waals surface area contributed by atoms with Gasteiger partial charge in [0.2, 0.25) is 5.91 Å². The first-order valence-corrected chi connectivity index (χ1v) is 9.22. The minimum Gasteiger partial charge on any atom is -0.332 e. The molecule has 124 valence electrons. The van der Waals surface area contributed by atoms with Crippen molar-refractivity contribution in [3.8, 4) is 0 Å². The fourth-order valence-corrected chi connectivity index (χ4v) is 4.74. The van der Waals surface area contributed by atoms with Gasteiger partial charge < -0.3 is 16.0 Å². The summed E-state index contributed by atoms with van der Waals surface area (Å²) < 4.78 is 0. The molecule has 2 aliphatic heterocycles. The number of thioether (sulfide) groups is 1. The molecule has 0 bridgehead atoms. The summed E-state index contributed by atoms with van der Waals surface area (Å²) in [6, 6.07) is 8.32. The lowest BCUT2D eigenvalue weighted by atomic mass is 10.0. The number of aryl methyl sites for hydroxylation is 1. The number of anilines is 1. The van der Waals surface area contributed by atoms with Crippen LogP contribution < -0.4 is 16.0 Å². The van der Waals surface area contributed by atoms with E-state index in [2.05, 4.69) is 16.0 Å². The fourth-order valence-electron chi connectivity index (χ4n) is 3.20. The molecule has 3 amide bonds. The number of fused-ring (bicyclic) bond motifs is 1. The molecule has 2 fully saturated rings. The van der Waals surface area contributed by atoms with Crippen molar-refractivity contribution in [2.45, 2.75) is 49.9 Å². The second-order valence-electron chi connectivity index (χ2n) is 6.23. The Morgan fingerprint density at radius 3 is 2.96 bits per heavy atom. The molecular formula is C17H23N3O2S. The Balaban J connectivity index is 1.36. The van der Waals surface area contributed by atoms with Gasteiger partial charge in [-0.25, -0.2) is 4.79 Å². The molecule has 3 N–H and O–H groups in total. The lowest BCUT2D eigenvalue weighted by molar-refractivity contribution is -0.116. The molecule has 0 radical (unpaired) electrons. The van der Waals surface area contributed by atoms with Crippen molar-refractivity contribution >= 4 is 29.4 Å². The molecule has 2 saturated heterocycles. The molecule has 2 aliphatic rings. The minimum absolute atomic E-state index is 0.0390. The highest BCUT2D eigenvalue weighted by Crippen LogP contribution is 2.33. The summed E-state index contributed by atoms with van der Waals surface area (Å²) in [5, 5.41) is 9.40. The molecule has 3 atom stereocenters.